The molecule has 0 radical (unpaired) electrons. The van der Waals surface area contributed by atoms with E-state index >= 15 is 0 Å². The number of carbonyl (C=O) groups is 1. The highest BCUT2D eigenvalue weighted by atomic mass is 79.9. The van der Waals surface area contributed by atoms with Gasteiger partial charge in [0.2, 0.25) is 0 Å². The van der Waals surface area contributed by atoms with Gasteiger partial charge in [-0.3, -0.25) is 4.79 Å². The van der Waals surface area contributed by atoms with Crippen molar-refractivity contribution in [1.29, 1.82) is 0 Å². The van der Waals surface area contributed by atoms with Crippen molar-refractivity contribution in [2.45, 2.75) is 19.3 Å². The summed E-state index contributed by atoms with van der Waals surface area (Å²) in [5, 5.41) is 0.471. The standard InChI is InChI=1S/C12H15BrOS/c13-15(9-4-7-12(15)14)10-8-11-5-2-1-3-6-11/h1-3,5-6H,4,7-10H2. The highest BCUT2D eigenvalue weighted by molar-refractivity contribution is 9.60. The average Bonchev–Trinajstić information content (AvgIpc) is 2.59. The van der Waals surface area contributed by atoms with Crippen molar-refractivity contribution in [3.63, 3.8) is 0 Å². The summed E-state index contributed by atoms with van der Waals surface area (Å²) in [7, 11) is -1.11. The van der Waals surface area contributed by atoms with Gasteiger partial charge in [-0.2, -0.15) is 0 Å². The van der Waals surface area contributed by atoms with E-state index in [4.69, 9.17) is 0 Å². The average molecular weight is 287 g/mol. The van der Waals surface area contributed by atoms with Crippen molar-refractivity contribution in [1.82, 2.24) is 0 Å². The lowest BCUT2D eigenvalue weighted by molar-refractivity contribution is -0.110. The van der Waals surface area contributed by atoms with E-state index in [-0.39, 0.29) is 0 Å². The van der Waals surface area contributed by atoms with E-state index in [0.29, 0.717) is 5.12 Å². The van der Waals surface area contributed by atoms with Crippen LogP contribution in [0.15, 0.2) is 30.3 Å². The molecule has 1 fully saturated rings. The predicted octanol–water partition coefficient (Wildman–Crippen LogP) is 3.66. The second kappa shape index (κ2) is 4.71. The quantitative estimate of drug-likeness (QED) is 0.829. The molecule has 1 nitrogen and oxygen atoms in total. The summed E-state index contributed by atoms with van der Waals surface area (Å²) < 4.78 is 0. The Kier molecular flexibility index (Phi) is 3.52. The zero-order chi connectivity index (χ0) is 10.7. The molecule has 0 amide bonds. The van der Waals surface area contributed by atoms with Crippen LogP contribution >= 0.6 is 23.3 Å². The second-order valence-electron chi connectivity index (χ2n) is 3.91. The fraction of sp³-hybridized carbons (Fsp3) is 0.417. The third-order valence-corrected chi connectivity index (χ3v) is 8.65. The molecule has 0 saturated carbocycles. The van der Waals surface area contributed by atoms with Gasteiger partial charge in [0.15, 0.2) is 5.12 Å². The Morgan fingerprint density at radius 3 is 2.60 bits per heavy atom. The third-order valence-electron chi connectivity index (χ3n) is 2.81. The zero-order valence-corrected chi connectivity index (χ0v) is 11.0. The van der Waals surface area contributed by atoms with Crippen molar-refractivity contribution in [3.05, 3.63) is 35.9 Å². The summed E-state index contributed by atoms with van der Waals surface area (Å²) in [5.74, 6) is 2.09. The Balaban J connectivity index is 1.96. The van der Waals surface area contributed by atoms with Gasteiger partial charge < -0.3 is 0 Å². The minimum absolute atomic E-state index is 0.471. The monoisotopic (exact) mass is 286 g/mol. The fourth-order valence-electron chi connectivity index (χ4n) is 1.88. The summed E-state index contributed by atoms with van der Waals surface area (Å²) in [6, 6.07) is 10.4. The van der Waals surface area contributed by atoms with Crippen LogP contribution in [0.3, 0.4) is 0 Å². The Labute approximate surface area is 99.8 Å². The molecular weight excluding hydrogens is 272 g/mol. The number of hydrogen-bond donors (Lipinski definition) is 0. The van der Waals surface area contributed by atoms with E-state index in [2.05, 4.69) is 39.1 Å². The van der Waals surface area contributed by atoms with Gasteiger partial charge >= 0.3 is 0 Å². The highest BCUT2D eigenvalue weighted by Gasteiger charge is 2.33. The maximum Gasteiger partial charge on any atom is 0.181 e. The van der Waals surface area contributed by atoms with Crippen LogP contribution in [0.25, 0.3) is 0 Å². The van der Waals surface area contributed by atoms with Gasteiger partial charge in [-0.15, -0.1) is 8.46 Å². The minimum Gasteiger partial charge on any atom is -0.288 e. The van der Waals surface area contributed by atoms with Crippen LogP contribution in [-0.2, 0) is 11.2 Å². The van der Waals surface area contributed by atoms with Gasteiger partial charge in [-0.1, -0.05) is 30.3 Å². The molecule has 0 aliphatic carbocycles. The fourth-order valence-corrected chi connectivity index (χ4v) is 5.87. The van der Waals surface area contributed by atoms with E-state index in [0.717, 1.165) is 30.8 Å². The molecule has 3 heteroatoms. The SMILES string of the molecule is O=C1CCCS1(Br)CCc1ccccc1. The molecule has 1 aliphatic heterocycles. The Bertz CT molecular complexity index is 352. The molecule has 0 aromatic heterocycles. The van der Waals surface area contributed by atoms with Crippen molar-refractivity contribution < 1.29 is 4.79 Å². The van der Waals surface area contributed by atoms with Gasteiger partial charge in [0, 0.05) is 6.42 Å². The predicted molar refractivity (Wildman–Crippen MR) is 70.6 cm³/mol. The van der Waals surface area contributed by atoms with Crippen LogP contribution in [-0.4, -0.2) is 16.6 Å². The maximum atomic E-state index is 11.7. The van der Waals surface area contributed by atoms with Gasteiger partial charge in [-0.05, 0) is 44.7 Å². The lowest BCUT2D eigenvalue weighted by Gasteiger charge is -2.25. The third kappa shape index (κ3) is 2.64. The molecule has 1 aromatic rings. The Morgan fingerprint density at radius 1 is 1.27 bits per heavy atom. The van der Waals surface area contributed by atoms with Crippen molar-refractivity contribution >= 4 is 28.4 Å². The lowest BCUT2D eigenvalue weighted by atomic mass is 10.2. The molecule has 1 unspecified atom stereocenters. The van der Waals surface area contributed by atoms with Crippen LogP contribution in [0, 0.1) is 0 Å². The van der Waals surface area contributed by atoms with E-state index in [1.807, 2.05) is 6.07 Å². The molecular formula is C12H15BrOS. The largest absolute Gasteiger partial charge is 0.288 e. The molecule has 82 valence electrons. The first kappa shape index (κ1) is 11.2. The van der Waals surface area contributed by atoms with Crippen LogP contribution < -0.4 is 0 Å². The summed E-state index contributed by atoms with van der Waals surface area (Å²) in [5.41, 5.74) is 1.34. The van der Waals surface area contributed by atoms with E-state index < -0.39 is 8.46 Å². The summed E-state index contributed by atoms with van der Waals surface area (Å²) in [4.78, 5) is 11.7. The number of rotatable bonds is 3. The normalized spacial score (nSPS) is 30.1. The van der Waals surface area contributed by atoms with Crippen molar-refractivity contribution in [2.24, 2.45) is 0 Å². The van der Waals surface area contributed by atoms with Crippen LogP contribution in [0.5, 0.6) is 0 Å². The first-order valence-electron chi connectivity index (χ1n) is 5.26. The minimum atomic E-state index is -1.11. The first-order valence-corrected chi connectivity index (χ1v) is 9.07. The molecule has 1 atom stereocenters. The molecule has 2 rings (SSSR count). The molecule has 0 bridgehead atoms. The molecule has 1 aliphatic rings. The van der Waals surface area contributed by atoms with E-state index in [9.17, 15) is 4.79 Å². The lowest BCUT2D eigenvalue weighted by Crippen LogP contribution is -2.07. The van der Waals surface area contributed by atoms with Gasteiger partial charge in [0.05, 0.1) is 0 Å². The number of halogens is 1. The topological polar surface area (TPSA) is 17.1 Å². The maximum absolute atomic E-state index is 11.7. The van der Waals surface area contributed by atoms with Gasteiger partial charge in [-0.25, -0.2) is 0 Å². The molecule has 1 aromatic carbocycles. The van der Waals surface area contributed by atoms with Crippen molar-refractivity contribution in [2.75, 3.05) is 11.5 Å². The number of aryl methyl sites for hydroxylation is 1. The van der Waals surface area contributed by atoms with E-state index in [1.54, 1.807) is 0 Å². The highest BCUT2D eigenvalue weighted by Crippen LogP contribution is 2.61. The van der Waals surface area contributed by atoms with Gasteiger partial charge in [0.1, 0.15) is 0 Å². The number of hydrogen-bond acceptors (Lipinski definition) is 1. The Morgan fingerprint density at radius 2 is 2.00 bits per heavy atom. The zero-order valence-electron chi connectivity index (χ0n) is 8.62. The Hall–Kier alpha value is -0.280. The summed E-state index contributed by atoms with van der Waals surface area (Å²) >= 11 is 3.70. The van der Waals surface area contributed by atoms with Crippen LogP contribution in [0.1, 0.15) is 18.4 Å². The van der Waals surface area contributed by atoms with E-state index in [1.165, 1.54) is 5.56 Å². The molecule has 0 N–H and O–H groups in total. The van der Waals surface area contributed by atoms with Crippen molar-refractivity contribution in [3.8, 4) is 0 Å². The molecule has 15 heavy (non-hydrogen) atoms. The van der Waals surface area contributed by atoms with Crippen LogP contribution in [0.4, 0.5) is 0 Å². The smallest absolute Gasteiger partial charge is 0.181 e. The molecule has 1 heterocycles. The second-order valence-corrected chi connectivity index (χ2v) is 10.5. The number of benzene rings is 1. The summed E-state index contributed by atoms with van der Waals surface area (Å²) in [6.45, 7) is 0. The first-order chi connectivity index (χ1) is 7.21. The van der Waals surface area contributed by atoms with Crippen LogP contribution in [0.2, 0.25) is 0 Å². The summed E-state index contributed by atoms with van der Waals surface area (Å²) in [6.07, 6.45) is 2.89. The molecule has 0 spiro atoms. The number of carbonyl (C=O) groups excluding carboxylic acids is 1. The molecule has 1 saturated heterocycles. The van der Waals surface area contributed by atoms with Gasteiger partial charge in [0.25, 0.3) is 0 Å².